The Labute approximate surface area is 108 Å². The number of amides is 1. The third-order valence-electron chi connectivity index (χ3n) is 2.47. The molecule has 0 saturated carbocycles. The number of carbonyl (C=O) groups is 1. The molecule has 4 nitrogen and oxygen atoms in total. The fourth-order valence-electron chi connectivity index (χ4n) is 1.45. The van der Waals surface area contributed by atoms with Crippen LogP contribution in [0.1, 0.15) is 21.7 Å². The number of H-pyrrole nitrogens is 1. The fraction of sp³-hybridized carbons (Fsp3) is 0.167. The van der Waals surface area contributed by atoms with E-state index in [1.807, 2.05) is 32.0 Å². The molecule has 1 amide bonds. The van der Waals surface area contributed by atoms with Gasteiger partial charge in [-0.15, -0.1) is 0 Å². The highest BCUT2D eigenvalue weighted by Gasteiger charge is 2.11. The van der Waals surface area contributed by atoms with E-state index in [1.165, 1.54) is 6.33 Å². The Morgan fingerprint density at radius 3 is 2.76 bits per heavy atom. The molecule has 5 heteroatoms. The highest BCUT2D eigenvalue weighted by Crippen LogP contribution is 2.21. The summed E-state index contributed by atoms with van der Waals surface area (Å²) in [6, 6.07) is 5.67. The molecule has 88 valence electrons. The summed E-state index contributed by atoms with van der Waals surface area (Å²) in [5.41, 5.74) is 3.05. The number of halogens is 1. The van der Waals surface area contributed by atoms with Gasteiger partial charge in [-0.25, -0.2) is 4.98 Å². The van der Waals surface area contributed by atoms with Crippen molar-refractivity contribution in [2.75, 3.05) is 5.32 Å². The minimum Gasteiger partial charge on any atom is -0.348 e. The zero-order chi connectivity index (χ0) is 12.4. The summed E-state index contributed by atoms with van der Waals surface area (Å²) in [4.78, 5) is 18.7. The molecule has 0 aliphatic rings. The van der Waals surface area contributed by atoms with E-state index in [-0.39, 0.29) is 5.91 Å². The number of nitrogens with one attached hydrogen (secondary N) is 2. The third kappa shape index (κ3) is 2.55. The number of aromatic nitrogens is 2. The van der Waals surface area contributed by atoms with E-state index in [0.717, 1.165) is 21.4 Å². The Morgan fingerprint density at radius 2 is 2.18 bits per heavy atom. The lowest BCUT2D eigenvalue weighted by Crippen LogP contribution is -2.13. The third-order valence-corrected chi connectivity index (χ3v) is 3.33. The topological polar surface area (TPSA) is 57.8 Å². The molecule has 1 aromatic carbocycles. The molecule has 0 bridgehead atoms. The van der Waals surface area contributed by atoms with Crippen LogP contribution in [0.5, 0.6) is 0 Å². The zero-order valence-electron chi connectivity index (χ0n) is 9.54. The molecule has 2 N–H and O–H groups in total. The van der Waals surface area contributed by atoms with Gasteiger partial charge in [0.1, 0.15) is 5.69 Å². The van der Waals surface area contributed by atoms with Crippen LogP contribution in [-0.2, 0) is 0 Å². The number of carbonyl (C=O) groups excluding carboxylic acids is 1. The maximum absolute atomic E-state index is 11.9. The van der Waals surface area contributed by atoms with E-state index in [9.17, 15) is 4.79 Å². The van der Waals surface area contributed by atoms with Gasteiger partial charge in [-0.3, -0.25) is 4.79 Å². The number of aryl methyl sites for hydroxylation is 2. The Morgan fingerprint density at radius 1 is 1.41 bits per heavy atom. The lowest BCUT2D eigenvalue weighted by Gasteiger charge is -2.06. The summed E-state index contributed by atoms with van der Waals surface area (Å²) >= 11 is 3.43. The molecule has 0 aliphatic heterocycles. The van der Waals surface area contributed by atoms with E-state index >= 15 is 0 Å². The molecule has 0 unspecified atom stereocenters. The molecule has 0 radical (unpaired) electrons. The van der Waals surface area contributed by atoms with Crippen molar-refractivity contribution in [3.63, 3.8) is 0 Å². The molecule has 1 aromatic heterocycles. The van der Waals surface area contributed by atoms with Gasteiger partial charge in [-0.1, -0.05) is 22.0 Å². The molecule has 0 atom stereocenters. The van der Waals surface area contributed by atoms with Crippen LogP contribution in [0.25, 0.3) is 0 Å². The van der Waals surface area contributed by atoms with Crippen molar-refractivity contribution in [1.82, 2.24) is 9.97 Å². The average Bonchev–Trinajstić information content (AvgIpc) is 2.70. The van der Waals surface area contributed by atoms with Gasteiger partial charge in [-0.05, 0) is 31.5 Å². The van der Waals surface area contributed by atoms with Crippen LogP contribution in [0.3, 0.4) is 0 Å². The summed E-state index contributed by atoms with van der Waals surface area (Å²) in [6.07, 6.45) is 1.51. The van der Waals surface area contributed by atoms with Gasteiger partial charge in [0.2, 0.25) is 0 Å². The SMILES string of the molecule is Cc1ccc(NC(=O)c2nc[nH]c2C)cc1Br. The van der Waals surface area contributed by atoms with Crippen molar-refractivity contribution in [3.8, 4) is 0 Å². The maximum atomic E-state index is 11.9. The van der Waals surface area contributed by atoms with E-state index in [4.69, 9.17) is 0 Å². The van der Waals surface area contributed by atoms with E-state index in [2.05, 4.69) is 31.2 Å². The van der Waals surface area contributed by atoms with Gasteiger partial charge < -0.3 is 10.3 Å². The van der Waals surface area contributed by atoms with Gasteiger partial charge in [0.25, 0.3) is 5.91 Å². The minimum atomic E-state index is -0.209. The van der Waals surface area contributed by atoms with Crippen molar-refractivity contribution in [2.24, 2.45) is 0 Å². The first-order valence-electron chi connectivity index (χ1n) is 5.15. The van der Waals surface area contributed by atoms with Crippen LogP contribution in [0.4, 0.5) is 5.69 Å². The number of hydrogen-bond donors (Lipinski definition) is 2. The first-order valence-corrected chi connectivity index (χ1v) is 5.94. The molecular weight excluding hydrogens is 282 g/mol. The lowest BCUT2D eigenvalue weighted by molar-refractivity contribution is 0.102. The Hall–Kier alpha value is -1.62. The first-order chi connectivity index (χ1) is 8.08. The molecular formula is C12H12BrN3O. The number of hydrogen-bond acceptors (Lipinski definition) is 2. The molecule has 2 rings (SSSR count). The van der Waals surface area contributed by atoms with Gasteiger partial charge in [0.05, 0.1) is 6.33 Å². The quantitative estimate of drug-likeness (QED) is 0.894. The predicted molar refractivity (Wildman–Crippen MR) is 70.2 cm³/mol. The molecule has 1 heterocycles. The second-order valence-corrected chi connectivity index (χ2v) is 4.65. The number of rotatable bonds is 2. The summed E-state index contributed by atoms with van der Waals surface area (Å²) in [6.45, 7) is 3.81. The van der Waals surface area contributed by atoms with Crippen molar-refractivity contribution >= 4 is 27.5 Å². The normalized spacial score (nSPS) is 10.3. The maximum Gasteiger partial charge on any atom is 0.276 e. The second kappa shape index (κ2) is 4.71. The van der Waals surface area contributed by atoms with Crippen molar-refractivity contribution < 1.29 is 4.79 Å². The smallest absolute Gasteiger partial charge is 0.276 e. The minimum absolute atomic E-state index is 0.209. The summed E-state index contributed by atoms with van der Waals surface area (Å²) in [5, 5.41) is 2.80. The summed E-state index contributed by atoms with van der Waals surface area (Å²) < 4.78 is 0.967. The van der Waals surface area contributed by atoms with Crippen molar-refractivity contribution in [2.45, 2.75) is 13.8 Å². The lowest BCUT2D eigenvalue weighted by atomic mass is 10.2. The standard InChI is InChI=1S/C12H12BrN3O/c1-7-3-4-9(5-10(7)13)16-12(17)11-8(2)14-6-15-11/h3-6H,1-2H3,(H,14,15)(H,16,17). The molecule has 2 aromatic rings. The van der Waals surface area contributed by atoms with Crippen LogP contribution in [0.2, 0.25) is 0 Å². The highest BCUT2D eigenvalue weighted by atomic mass is 79.9. The average molecular weight is 294 g/mol. The largest absolute Gasteiger partial charge is 0.348 e. The Bertz CT molecular complexity index is 563. The number of imidazole rings is 1. The van der Waals surface area contributed by atoms with Crippen molar-refractivity contribution in [3.05, 3.63) is 46.0 Å². The monoisotopic (exact) mass is 293 g/mol. The molecule has 0 spiro atoms. The molecule has 0 saturated heterocycles. The van der Waals surface area contributed by atoms with E-state index < -0.39 is 0 Å². The van der Waals surface area contributed by atoms with E-state index in [0.29, 0.717) is 5.69 Å². The number of benzene rings is 1. The van der Waals surface area contributed by atoms with Crippen LogP contribution in [-0.4, -0.2) is 15.9 Å². The van der Waals surface area contributed by atoms with Crippen LogP contribution < -0.4 is 5.32 Å². The van der Waals surface area contributed by atoms with Gasteiger partial charge in [-0.2, -0.15) is 0 Å². The number of anilines is 1. The van der Waals surface area contributed by atoms with Crippen LogP contribution in [0.15, 0.2) is 29.0 Å². The van der Waals surface area contributed by atoms with Gasteiger partial charge >= 0.3 is 0 Å². The van der Waals surface area contributed by atoms with E-state index in [1.54, 1.807) is 0 Å². The van der Waals surface area contributed by atoms with Gasteiger partial charge in [0.15, 0.2) is 0 Å². The zero-order valence-corrected chi connectivity index (χ0v) is 11.1. The van der Waals surface area contributed by atoms with Crippen LogP contribution >= 0.6 is 15.9 Å². The Kier molecular flexibility index (Phi) is 3.28. The number of nitrogens with zero attached hydrogens (tertiary/aromatic N) is 1. The predicted octanol–water partition coefficient (Wildman–Crippen LogP) is 3.04. The number of aromatic amines is 1. The molecule has 0 aliphatic carbocycles. The highest BCUT2D eigenvalue weighted by molar-refractivity contribution is 9.10. The summed E-state index contributed by atoms with van der Waals surface area (Å²) in [7, 11) is 0. The van der Waals surface area contributed by atoms with Crippen LogP contribution in [0, 0.1) is 13.8 Å². The first kappa shape index (κ1) is 11.9. The molecule has 0 fully saturated rings. The summed E-state index contributed by atoms with van der Waals surface area (Å²) in [5.74, 6) is -0.209. The fourth-order valence-corrected chi connectivity index (χ4v) is 1.83. The molecule has 17 heavy (non-hydrogen) atoms. The second-order valence-electron chi connectivity index (χ2n) is 3.79. The Balaban J connectivity index is 2.19. The van der Waals surface area contributed by atoms with Gasteiger partial charge in [0, 0.05) is 15.9 Å². The van der Waals surface area contributed by atoms with Crippen molar-refractivity contribution in [1.29, 1.82) is 0 Å².